The lowest BCUT2D eigenvalue weighted by Gasteiger charge is -2.17. The van der Waals surface area contributed by atoms with Crippen molar-refractivity contribution in [3.63, 3.8) is 0 Å². The Balaban J connectivity index is 0.000000236. The highest BCUT2D eigenvalue weighted by molar-refractivity contribution is 6.10. The number of aliphatic hydroxyl groups excluding tert-OH is 1. The second kappa shape index (κ2) is 6.83. The van der Waals surface area contributed by atoms with Gasteiger partial charge in [0, 0.05) is 22.6 Å². The van der Waals surface area contributed by atoms with Gasteiger partial charge in [0.2, 0.25) is 0 Å². The van der Waals surface area contributed by atoms with E-state index in [1.54, 1.807) is 0 Å². The van der Waals surface area contributed by atoms with E-state index in [9.17, 15) is 0 Å². The van der Waals surface area contributed by atoms with Gasteiger partial charge in [-0.05, 0) is 19.3 Å². The summed E-state index contributed by atoms with van der Waals surface area (Å²) < 4.78 is 5.34. The topological polar surface area (TPSA) is 29.5 Å². The van der Waals surface area contributed by atoms with Crippen molar-refractivity contribution in [3.8, 4) is 0 Å². The third kappa shape index (κ3) is 5.85. The molecule has 10 heavy (non-hydrogen) atoms. The molecule has 2 nitrogen and oxygen atoms in total. The second-order valence-corrected chi connectivity index (χ2v) is 3.65. The molecule has 0 aliphatic carbocycles. The number of ether oxygens (including phenoxy) is 1. The zero-order chi connectivity index (χ0) is 7.82. The van der Waals surface area contributed by atoms with Crippen LogP contribution in [0.25, 0.3) is 0 Å². The van der Waals surface area contributed by atoms with E-state index in [-0.39, 0.29) is 0 Å². The first-order valence-corrected chi connectivity index (χ1v) is 4.83. The summed E-state index contributed by atoms with van der Waals surface area (Å²) in [7, 11) is 1.23. The van der Waals surface area contributed by atoms with Crippen molar-refractivity contribution in [3.05, 3.63) is 12.8 Å². The normalized spacial score (nSPS) is 24.6. The Kier molecular flexibility index (Phi) is 6.64. The largest absolute Gasteiger partial charge is 0.516 e. The van der Waals surface area contributed by atoms with Crippen molar-refractivity contribution in [2.45, 2.75) is 25.0 Å². The minimum absolute atomic E-state index is 0.675. The highest BCUT2D eigenvalue weighted by atomic mass is 28.1. The molecular weight excluding hydrogens is 144 g/mol. The predicted octanol–water partition coefficient (Wildman–Crippen LogP) is 0.566. The maximum absolute atomic E-state index is 7.33. The molecule has 1 saturated heterocycles. The Morgan fingerprint density at radius 1 is 1.60 bits per heavy atom. The average Bonchev–Trinajstić information content (AvgIpc) is 1.91. The van der Waals surface area contributed by atoms with Crippen molar-refractivity contribution >= 4 is 10.2 Å². The maximum atomic E-state index is 7.33. The fourth-order valence-electron chi connectivity index (χ4n) is 0.902. The smallest absolute Gasteiger partial charge is 0.0719 e. The van der Waals surface area contributed by atoms with Crippen molar-refractivity contribution in [2.24, 2.45) is 0 Å². The lowest BCUT2D eigenvalue weighted by atomic mass is 10.2. The molecule has 1 unspecified atom stereocenters. The van der Waals surface area contributed by atoms with Crippen LogP contribution in [0.2, 0.25) is 0 Å². The van der Waals surface area contributed by atoms with Crippen molar-refractivity contribution < 1.29 is 9.84 Å². The first-order chi connectivity index (χ1) is 4.81. The van der Waals surface area contributed by atoms with Crippen LogP contribution in [0.15, 0.2) is 12.8 Å². The van der Waals surface area contributed by atoms with Gasteiger partial charge in [-0.15, -0.1) is 0 Å². The molecule has 0 aromatic rings. The summed E-state index contributed by atoms with van der Waals surface area (Å²) in [6.07, 6.45) is 4.76. The lowest BCUT2D eigenvalue weighted by Crippen LogP contribution is -2.18. The molecule has 1 aliphatic rings. The number of rotatable bonds is 0. The highest BCUT2D eigenvalue weighted by Crippen LogP contribution is 2.08. The Hall–Kier alpha value is -0.283. The van der Waals surface area contributed by atoms with E-state index in [0.717, 1.165) is 12.9 Å². The molecule has 0 bridgehead atoms. The van der Waals surface area contributed by atoms with E-state index in [2.05, 4.69) is 6.58 Å². The number of hydrogen-bond donors (Lipinski definition) is 1. The zero-order valence-corrected chi connectivity index (χ0v) is 8.55. The summed E-state index contributed by atoms with van der Waals surface area (Å²) in [6, 6.07) is 0. The highest BCUT2D eigenvalue weighted by Gasteiger charge is 2.05. The molecule has 0 aromatic carbocycles. The minimum atomic E-state index is 0.675. The van der Waals surface area contributed by atoms with Gasteiger partial charge in [-0.2, -0.15) is 0 Å². The third-order valence-corrected chi connectivity index (χ3v) is 2.32. The van der Waals surface area contributed by atoms with Gasteiger partial charge < -0.3 is 9.84 Å². The Bertz CT molecular complexity index is 79.7. The molecule has 1 N–H and O–H groups in total. The lowest BCUT2D eigenvalue weighted by molar-refractivity contribution is 0.0675. The summed E-state index contributed by atoms with van der Waals surface area (Å²) in [5, 5.41) is 7.33. The summed E-state index contributed by atoms with van der Waals surface area (Å²) >= 11 is 0. The standard InChI is InChI=1S/C5H12OSi.C2H4O/c7-5-3-1-2-4-6-5;1-2-3/h5H,1-4H2,7H3;2-3H,1H2. The van der Waals surface area contributed by atoms with E-state index in [0.29, 0.717) is 5.73 Å². The zero-order valence-electron chi connectivity index (χ0n) is 6.55. The Morgan fingerprint density at radius 3 is 2.40 bits per heavy atom. The molecule has 0 aromatic heterocycles. The summed E-state index contributed by atoms with van der Waals surface area (Å²) in [5.41, 5.74) is 0.675. The summed E-state index contributed by atoms with van der Waals surface area (Å²) in [5.74, 6) is 0. The molecular formula is C7H16O2Si. The molecule has 0 amide bonds. The molecule has 3 heteroatoms. The predicted molar refractivity (Wildman–Crippen MR) is 46.4 cm³/mol. The third-order valence-electron chi connectivity index (χ3n) is 1.41. The van der Waals surface area contributed by atoms with Gasteiger partial charge in [0.1, 0.15) is 0 Å². The monoisotopic (exact) mass is 160 g/mol. The van der Waals surface area contributed by atoms with Crippen LogP contribution in [0.5, 0.6) is 0 Å². The van der Waals surface area contributed by atoms with Gasteiger partial charge >= 0.3 is 0 Å². The molecule has 1 fully saturated rings. The fraction of sp³-hybridized carbons (Fsp3) is 0.714. The molecule has 1 atom stereocenters. The minimum Gasteiger partial charge on any atom is -0.516 e. The molecule has 0 radical (unpaired) electrons. The van der Waals surface area contributed by atoms with Crippen LogP contribution in [-0.2, 0) is 4.74 Å². The van der Waals surface area contributed by atoms with Crippen LogP contribution in [0.3, 0.4) is 0 Å². The van der Waals surface area contributed by atoms with Crippen LogP contribution < -0.4 is 0 Å². The van der Waals surface area contributed by atoms with Crippen LogP contribution in [-0.4, -0.2) is 27.7 Å². The SMILES string of the molecule is C=CO.[SiH3]C1CCCCO1. The summed E-state index contributed by atoms with van der Waals surface area (Å²) in [4.78, 5) is 0. The van der Waals surface area contributed by atoms with Gasteiger partial charge in [0.05, 0.1) is 6.26 Å². The fourth-order valence-corrected chi connectivity index (χ4v) is 1.55. The summed E-state index contributed by atoms with van der Waals surface area (Å²) in [6.45, 7) is 3.94. The quantitative estimate of drug-likeness (QED) is 0.414. The molecule has 0 spiro atoms. The molecule has 1 aliphatic heterocycles. The van der Waals surface area contributed by atoms with Crippen LogP contribution in [0.4, 0.5) is 0 Å². The first-order valence-electron chi connectivity index (χ1n) is 3.68. The Morgan fingerprint density at radius 2 is 2.20 bits per heavy atom. The molecule has 0 saturated carbocycles. The second-order valence-electron chi connectivity index (χ2n) is 2.36. The number of hydrogen-bond acceptors (Lipinski definition) is 2. The Labute approximate surface area is 65.3 Å². The van der Waals surface area contributed by atoms with Gasteiger partial charge in [-0.1, -0.05) is 6.58 Å². The van der Waals surface area contributed by atoms with Crippen LogP contribution in [0, 0.1) is 0 Å². The molecule has 1 rings (SSSR count). The van der Waals surface area contributed by atoms with Crippen LogP contribution >= 0.6 is 0 Å². The molecule has 1 heterocycles. The van der Waals surface area contributed by atoms with E-state index in [1.165, 1.54) is 29.5 Å². The average molecular weight is 160 g/mol. The van der Waals surface area contributed by atoms with Crippen molar-refractivity contribution in [2.75, 3.05) is 6.61 Å². The van der Waals surface area contributed by atoms with Crippen molar-refractivity contribution in [1.29, 1.82) is 0 Å². The van der Waals surface area contributed by atoms with E-state index < -0.39 is 0 Å². The van der Waals surface area contributed by atoms with E-state index in [4.69, 9.17) is 9.84 Å². The maximum Gasteiger partial charge on any atom is 0.0719 e. The van der Waals surface area contributed by atoms with Crippen LogP contribution in [0.1, 0.15) is 19.3 Å². The van der Waals surface area contributed by atoms with E-state index in [1.807, 2.05) is 0 Å². The van der Waals surface area contributed by atoms with Crippen molar-refractivity contribution in [1.82, 2.24) is 0 Å². The van der Waals surface area contributed by atoms with Gasteiger partial charge in [-0.3, -0.25) is 0 Å². The van der Waals surface area contributed by atoms with Gasteiger partial charge in [0.25, 0.3) is 0 Å². The number of aliphatic hydroxyl groups is 1. The van der Waals surface area contributed by atoms with E-state index >= 15 is 0 Å². The molecule has 60 valence electrons. The van der Waals surface area contributed by atoms with Gasteiger partial charge in [0.15, 0.2) is 0 Å². The first kappa shape index (κ1) is 9.72. The van der Waals surface area contributed by atoms with Gasteiger partial charge in [-0.25, -0.2) is 0 Å².